The minimum Gasteiger partial charge on any atom is -0.343 e. The lowest BCUT2D eigenvalue weighted by atomic mass is 10.2. The average molecular weight is 328 g/mol. The molecule has 0 saturated heterocycles. The molecule has 1 aliphatic carbocycles. The summed E-state index contributed by atoms with van der Waals surface area (Å²) >= 11 is 1.40. The highest BCUT2D eigenvalue weighted by Gasteiger charge is 2.29. The van der Waals surface area contributed by atoms with Crippen LogP contribution < -0.4 is 5.32 Å². The van der Waals surface area contributed by atoms with Crippen molar-refractivity contribution in [1.82, 2.24) is 24.7 Å². The Labute approximate surface area is 136 Å². The summed E-state index contributed by atoms with van der Waals surface area (Å²) in [5.74, 6) is 0.486. The molecule has 1 atom stereocenters. The van der Waals surface area contributed by atoms with E-state index in [-0.39, 0.29) is 5.91 Å². The molecule has 1 fully saturated rings. The van der Waals surface area contributed by atoms with Gasteiger partial charge in [-0.1, -0.05) is 0 Å². The molecule has 8 heteroatoms. The normalized spacial score (nSPS) is 15.5. The van der Waals surface area contributed by atoms with Crippen molar-refractivity contribution >= 4 is 22.9 Å². The SMILES string of the molecule is CC(C1CC1)n1cc(NC(=O)c2csc(-c3cnc[nH]3)n2)cn1. The molecule has 3 aromatic heterocycles. The number of rotatable bonds is 5. The fraction of sp³-hybridized carbons (Fsp3) is 0.333. The number of amides is 1. The number of carbonyl (C=O) groups excluding carboxylic acids is 1. The van der Waals surface area contributed by atoms with Gasteiger partial charge in [-0.2, -0.15) is 5.10 Å². The number of carbonyl (C=O) groups is 1. The van der Waals surface area contributed by atoms with Crippen molar-refractivity contribution in [2.24, 2.45) is 5.92 Å². The van der Waals surface area contributed by atoms with Gasteiger partial charge in [-0.3, -0.25) is 9.48 Å². The summed E-state index contributed by atoms with van der Waals surface area (Å²) in [6.45, 7) is 2.16. The van der Waals surface area contributed by atoms with Crippen LogP contribution in [0.3, 0.4) is 0 Å². The highest BCUT2D eigenvalue weighted by molar-refractivity contribution is 7.13. The Bertz CT molecular complexity index is 817. The maximum Gasteiger partial charge on any atom is 0.275 e. The van der Waals surface area contributed by atoms with Gasteiger partial charge in [0.05, 0.1) is 36.1 Å². The molecule has 1 amide bonds. The first kappa shape index (κ1) is 14.1. The third-order valence-electron chi connectivity index (χ3n) is 4.05. The third-order valence-corrected chi connectivity index (χ3v) is 4.92. The summed E-state index contributed by atoms with van der Waals surface area (Å²) in [6, 6.07) is 0.381. The van der Waals surface area contributed by atoms with Crippen LogP contribution in [0.25, 0.3) is 10.7 Å². The van der Waals surface area contributed by atoms with E-state index >= 15 is 0 Å². The number of imidazole rings is 1. The zero-order valence-corrected chi connectivity index (χ0v) is 13.4. The largest absolute Gasteiger partial charge is 0.343 e. The Hall–Kier alpha value is -2.48. The summed E-state index contributed by atoms with van der Waals surface area (Å²) in [6.07, 6.45) is 9.35. The predicted molar refractivity (Wildman–Crippen MR) is 87.3 cm³/mol. The monoisotopic (exact) mass is 328 g/mol. The molecule has 0 radical (unpaired) electrons. The molecule has 118 valence electrons. The lowest BCUT2D eigenvalue weighted by Crippen LogP contribution is -2.12. The van der Waals surface area contributed by atoms with Gasteiger partial charge in [-0.25, -0.2) is 9.97 Å². The van der Waals surface area contributed by atoms with E-state index in [1.165, 1.54) is 24.2 Å². The summed E-state index contributed by atoms with van der Waals surface area (Å²) in [5.41, 5.74) is 1.89. The minimum atomic E-state index is -0.231. The molecular weight excluding hydrogens is 312 g/mol. The summed E-state index contributed by atoms with van der Waals surface area (Å²) in [4.78, 5) is 23.6. The van der Waals surface area contributed by atoms with Gasteiger partial charge in [-0.15, -0.1) is 11.3 Å². The second kappa shape index (κ2) is 5.62. The van der Waals surface area contributed by atoms with Gasteiger partial charge in [0.1, 0.15) is 10.7 Å². The van der Waals surface area contributed by atoms with Crippen LogP contribution in [0.15, 0.2) is 30.3 Å². The molecule has 3 heterocycles. The number of hydrogen-bond donors (Lipinski definition) is 2. The Kier molecular flexibility index (Phi) is 3.45. The van der Waals surface area contributed by atoms with E-state index in [2.05, 4.69) is 32.3 Å². The third kappa shape index (κ3) is 2.89. The van der Waals surface area contributed by atoms with E-state index in [1.807, 2.05) is 10.9 Å². The molecule has 0 bridgehead atoms. The molecule has 2 N–H and O–H groups in total. The van der Waals surface area contributed by atoms with Gasteiger partial charge in [0, 0.05) is 11.6 Å². The van der Waals surface area contributed by atoms with Crippen LogP contribution in [-0.2, 0) is 0 Å². The molecule has 1 aliphatic rings. The van der Waals surface area contributed by atoms with Crippen molar-refractivity contribution in [3.63, 3.8) is 0 Å². The predicted octanol–water partition coefficient (Wildman–Crippen LogP) is 2.95. The van der Waals surface area contributed by atoms with Crippen molar-refractivity contribution in [2.75, 3.05) is 5.32 Å². The number of aromatic nitrogens is 5. The lowest BCUT2D eigenvalue weighted by molar-refractivity contribution is 0.102. The average Bonchev–Trinajstić information content (AvgIpc) is 3.01. The van der Waals surface area contributed by atoms with E-state index in [0.29, 0.717) is 23.3 Å². The van der Waals surface area contributed by atoms with Crippen molar-refractivity contribution < 1.29 is 4.79 Å². The molecule has 4 rings (SSSR count). The minimum absolute atomic E-state index is 0.231. The lowest BCUT2D eigenvalue weighted by Gasteiger charge is -2.09. The smallest absolute Gasteiger partial charge is 0.275 e. The van der Waals surface area contributed by atoms with Crippen molar-refractivity contribution in [3.8, 4) is 10.7 Å². The molecule has 23 heavy (non-hydrogen) atoms. The fourth-order valence-electron chi connectivity index (χ4n) is 2.49. The first-order chi connectivity index (χ1) is 11.2. The van der Waals surface area contributed by atoms with Gasteiger partial charge in [0.15, 0.2) is 0 Å². The van der Waals surface area contributed by atoms with Crippen molar-refractivity contribution in [2.45, 2.75) is 25.8 Å². The van der Waals surface area contributed by atoms with E-state index in [9.17, 15) is 4.79 Å². The maximum atomic E-state index is 12.3. The van der Waals surface area contributed by atoms with Crippen LogP contribution >= 0.6 is 11.3 Å². The zero-order valence-electron chi connectivity index (χ0n) is 12.6. The topological polar surface area (TPSA) is 88.5 Å². The van der Waals surface area contributed by atoms with E-state index in [1.54, 1.807) is 24.1 Å². The van der Waals surface area contributed by atoms with E-state index < -0.39 is 0 Å². The number of H-pyrrole nitrogens is 1. The first-order valence-electron chi connectivity index (χ1n) is 7.50. The molecule has 1 unspecified atom stereocenters. The van der Waals surface area contributed by atoms with Crippen molar-refractivity contribution in [3.05, 3.63) is 36.0 Å². The second-order valence-corrected chi connectivity index (χ2v) is 6.60. The molecular formula is C15H16N6OS. The molecule has 0 aromatic carbocycles. The number of hydrogen-bond acceptors (Lipinski definition) is 5. The maximum absolute atomic E-state index is 12.3. The second-order valence-electron chi connectivity index (χ2n) is 5.74. The van der Waals surface area contributed by atoms with Gasteiger partial charge < -0.3 is 10.3 Å². The van der Waals surface area contributed by atoms with Crippen LogP contribution in [-0.4, -0.2) is 30.6 Å². The number of thiazole rings is 1. The molecule has 1 saturated carbocycles. The Balaban J connectivity index is 1.45. The highest BCUT2D eigenvalue weighted by atomic mass is 32.1. The molecule has 3 aromatic rings. The quantitative estimate of drug-likeness (QED) is 0.753. The van der Waals surface area contributed by atoms with Crippen LogP contribution in [0.1, 0.15) is 36.3 Å². The standard InChI is InChI=1S/C15H16N6OS/c1-9(10-2-3-10)21-6-11(4-18-21)19-14(22)13-7-23-15(20-13)12-5-16-8-17-12/h4-10H,2-3H2,1H3,(H,16,17)(H,19,22). The fourth-order valence-corrected chi connectivity index (χ4v) is 3.26. The van der Waals surface area contributed by atoms with Gasteiger partial charge in [0.2, 0.25) is 0 Å². The number of aromatic amines is 1. The van der Waals surface area contributed by atoms with Crippen LogP contribution in [0, 0.1) is 5.92 Å². The molecule has 0 spiro atoms. The number of anilines is 1. The summed E-state index contributed by atoms with van der Waals surface area (Å²) < 4.78 is 1.92. The Morgan fingerprint density at radius 3 is 3.09 bits per heavy atom. The summed E-state index contributed by atoms with van der Waals surface area (Å²) in [7, 11) is 0. The number of nitrogens with zero attached hydrogens (tertiary/aromatic N) is 4. The van der Waals surface area contributed by atoms with E-state index in [4.69, 9.17) is 0 Å². The van der Waals surface area contributed by atoms with E-state index in [0.717, 1.165) is 10.7 Å². The van der Waals surface area contributed by atoms with Crippen molar-refractivity contribution in [1.29, 1.82) is 0 Å². The van der Waals surface area contributed by atoms with Gasteiger partial charge in [-0.05, 0) is 25.7 Å². The molecule has 7 nitrogen and oxygen atoms in total. The zero-order chi connectivity index (χ0) is 15.8. The summed E-state index contributed by atoms with van der Waals surface area (Å²) in [5, 5.41) is 9.67. The Morgan fingerprint density at radius 1 is 1.48 bits per heavy atom. The first-order valence-corrected chi connectivity index (χ1v) is 8.38. The van der Waals surface area contributed by atoms with Crippen LogP contribution in [0.5, 0.6) is 0 Å². The van der Waals surface area contributed by atoms with Gasteiger partial charge >= 0.3 is 0 Å². The van der Waals surface area contributed by atoms with Crippen LogP contribution in [0.2, 0.25) is 0 Å². The number of nitrogens with one attached hydrogen (secondary N) is 2. The highest BCUT2D eigenvalue weighted by Crippen LogP contribution is 2.39. The van der Waals surface area contributed by atoms with Gasteiger partial charge in [0.25, 0.3) is 5.91 Å². The molecule has 0 aliphatic heterocycles. The van der Waals surface area contributed by atoms with Crippen LogP contribution in [0.4, 0.5) is 5.69 Å². The Morgan fingerprint density at radius 2 is 2.35 bits per heavy atom.